The van der Waals surface area contributed by atoms with Gasteiger partial charge in [-0.15, -0.1) is 0 Å². The Labute approximate surface area is 180 Å². The topological polar surface area (TPSA) is 132 Å². The van der Waals surface area contributed by atoms with Crippen molar-refractivity contribution < 1.29 is 28.5 Å². The number of benzene rings is 2. The molecule has 0 bridgehead atoms. The fourth-order valence-corrected chi connectivity index (χ4v) is 3.12. The van der Waals surface area contributed by atoms with Crippen LogP contribution in [0.3, 0.4) is 0 Å². The Morgan fingerprint density at radius 2 is 1.81 bits per heavy atom. The first kappa shape index (κ1) is 20.5. The van der Waals surface area contributed by atoms with Crippen molar-refractivity contribution in [1.29, 1.82) is 0 Å². The number of nitro groups is 1. The molecule has 1 aliphatic rings. The summed E-state index contributed by atoms with van der Waals surface area (Å²) in [6, 6.07) is 14.2. The smallest absolute Gasteiger partial charge is 0.335 e. The van der Waals surface area contributed by atoms with Crippen LogP contribution < -0.4 is 15.0 Å². The number of non-ortho nitro benzene ring substituents is 1. The maximum absolute atomic E-state index is 12.9. The van der Waals surface area contributed by atoms with Crippen LogP contribution >= 0.6 is 0 Å². The average Bonchev–Trinajstić information content (AvgIpc) is 3.26. The van der Waals surface area contributed by atoms with Gasteiger partial charge in [-0.05, 0) is 42.5 Å². The number of nitrogens with zero attached hydrogens (tertiary/aromatic N) is 2. The third kappa shape index (κ3) is 3.84. The summed E-state index contributed by atoms with van der Waals surface area (Å²) >= 11 is 0. The molecule has 1 aromatic heterocycles. The second-order valence-corrected chi connectivity index (χ2v) is 6.67. The average molecular weight is 433 g/mol. The van der Waals surface area contributed by atoms with Gasteiger partial charge in [0.15, 0.2) is 0 Å². The van der Waals surface area contributed by atoms with Crippen LogP contribution in [0.25, 0.3) is 17.4 Å². The molecular formula is C22H15N3O7. The third-order valence-corrected chi connectivity index (χ3v) is 4.69. The molecule has 10 heteroatoms. The van der Waals surface area contributed by atoms with Crippen molar-refractivity contribution in [2.24, 2.45) is 0 Å². The lowest BCUT2D eigenvalue weighted by Gasteiger charge is -2.26. The summed E-state index contributed by atoms with van der Waals surface area (Å²) in [6.45, 7) is 0. The number of hydrogen-bond donors (Lipinski definition) is 1. The highest BCUT2D eigenvalue weighted by atomic mass is 16.6. The molecule has 160 valence electrons. The molecule has 1 saturated heterocycles. The lowest BCUT2D eigenvalue weighted by atomic mass is 10.1. The van der Waals surface area contributed by atoms with Crippen LogP contribution in [0.5, 0.6) is 5.75 Å². The Kier molecular flexibility index (Phi) is 5.25. The van der Waals surface area contributed by atoms with Gasteiger partial charge in [0, 0.05) is 17.7 Å². The second kappa shape index (κ2) is 8.19. The molecule has 32 heavy (non-hydrogen) atoms. The van der Waals surface area contributed by atoms with Crippen molar-refractivity contribution in [3.63, 3.8) is 0 Å². The molecule has 1 fully saturated rings. The van der Waals surface area contributed by atoms with Crippen molar-refractivity contribution in [1.82, 2.24) is 5.32 Å². The van der Waals surface area contributed by atoms with E-state index in [-0.39, 0.29) is 22.7 Å². The van der Waals surface area contributed by atoms with E-state index in [4.69, 9.17) is 9.15 Å². The van der Waals surface area contributed by atoms with E-state index in [9.17, 15) is 24.5 Å². The van der Waals surface area contributed by atoms with Gasteiger partial charge >= 0.3 is 6.03 Å². The number of ether oxygens (including phenoxy) is 1. The Hall–Kier alpha value is -4.73. The molecule has 0 atom stereocenters. The summed E-state index contributed by atoms with van der Waals surface area (Å²) < 4.78 is 10.7. The van der Waals surface area contributed by atoms with Crippen LogP contribution in [0.2, 0.25) is 0 Å². The molecular weight excluding hydrogens is 418 g/mol. The second-order valence-electron chi connectivity index (χ2n) is 6.67. The van der Waals surface area contributed by atoms with E-state index in [2.05, 4.69) is 5.32 Å². The van der Waals surface area contributed by atoms with Gasteiger partial charge in [-0.1, -0.05) is 12.1 Å². The number of methoxy groups -OCH3 is 1. The molecule has 2 aromatic carbocycles. The van der Waals surface area contributed by atoms with Gasteiger partial charge in [0.05, 0.1) is 17.7 Å². The lowest BCUT2D eigenvalue weighted by Crippen LogP contribution is -2.54. The molecule has 0 spiro atoms. The SMILES string of the molecule is COc1ccc(N2C(=O)NC(=O)C(=Cc3ccc(-c4cccc([N+](=O)[O-])c4)o3)C2=O)cc1. The van der Waals surface area contributed by atoms with Gasteiger partial charge in [-0.25, -0.2) is 9.69 Å². The van der Waals surface area contributed by atoms with E-state index in [0.717, 1.165) is 4.90 Å². The number of barbiturate groups is 1. The number of imide groups is 2. The number of nitrogens with one attached hydrogen (secondary N) is 1. The molecule has 0 saturated carbocycles. The molecule has 10 nitrogen and oxygen atoms in total. The highest BCUT2D eigenvalue weighted by Crippen LogP contribution is 2.28. The first-order valence-corrected chi connectivity index (χ1v) is 9.27. The van der Waals surface area contributed by atoms with Crippen LogP contribution in [0, 0.1) is 10.1 Å². The van der Waals surface area contributed by atoms with Gasteiger partial charge in [0.2, 0.25) is 0 Å². The summed E-state index contributed by atoms with van der Waals surface area (Å²) in [5, 5.41) is 13.1. The molecule has 1 aliphatic heterocycles. The van der Waals surface area contributed by atoms with Gasteiger partial charge in [-0.3, -0.25) is 25.0 Å². The van der Waals surface area contributed by atoms with Gasteiger partial charge in [-0.2, -0.15) is 0 Å². The maximum Gasteiger partial charge on any atom is 0.335 e. The molecule has 4 rings (SSSR count). The first-order valence-electron chi connectivity index (χ1n) is 9.27. The highest BCUT2D eigenvalue weighted by Gasteiger charge is 2.37. The fraction of sp³-hybridized carbons (Fsp3) is 0.0455. The van der Waals surface area contributed by atoms with Crippen molar-refractivity contribution in [2.75, 3.05) is 12.0 Å². The minimum Gasteiger partial charge on any atom is -0.497 e. The standard InChI is InChI=1S/C22H15N3O7/c1-31-16-7-5-14(6-8-16)24-21(27)18(20(26)23-22(24)28)12-17-9-10-19(32-17)13-3-2-4-15(11-13)25(29)30/h2-12H,1H3,(H,23,26,28). The minimum absolute atomic E-state index is 0.103. The van der Waals surface area contributed by atoms with Crippen LogP contribution in [0.4, 0.5) is 16.2 Å². The summed E-state index contributed by atoms with van der Waals surface area (Å²) in [7, 11) is 1.48. The monoisotopic (exact) mass is 433 g/mol. The Balaban J connectivity index is 1.65. The van der Waals surface area contributed by atoms with Crippen molar-refractivity contribution in [3.8, 4) is 17.1 Å². The summed E-state index contributed by atoms with van der Waals surface area (Å²) in [6.07, 6.45) is 1.21. The number of carbonyl (C=O) groups is 3. The molecule has 0 aliphatic carbocycles. The molecule has 2 heterocycles. The summed E-state index contributed by atoms with van der Waals surface area (Å²) in [5.41, 5.74) is 0.302. The normalized spacial score (nSPS) is 15.1. The van der Waals surface area contributed by atoms with E-state index in [0.29, 0.717) is 17.1 Å². The van der Waals surface area contributed by atoms with E-state index in [1.165, 1.54) is 49.6 Å². The van der Waals surface area contributed by atoms with Crippen LogP contribution in [-0.4, -0.2) is 29.9 Å². The van der Waals surface area contributed by atoms with Crippen LogP contribution in [0.15, 0.2) is 70.7 Å². The zero-order valence-corrected chi connectivity index (χ0v) is 16.6. The predicted octanol–water partition coefficient (Wildman–Crippen LogP) is 3.53. The molecule has 1 N–H and O–H groups in total. The maximum atomic E-state index is 12.9. The Morgan fingerprint density at radius 3 is 2.50 bits per heavy atom. The zero-order valence-electron chi connectivity index (χ0n) is 16.6. The quantitative estimate of drug-likeness (QED) is 0.282. The molecule has 4 amide bonds. The van der Waals surface area contributed by atoms with Crippen molar-refractivity contribution >= 4 is 35.3 Å². The first-order chi connectivity index (χ1) is 15.4. The summed E-state index contributed by atoms with van der Waals surface area (Å²) in [4.78, 5) is 48.8. The number of nitro benzene ring substituents is 1. The largest absolute Gasteiger partial charge is 0.497 e. The molecule has 0 radical (unpaired) electrons. The predicted molar refractivity (Wildman–Crippen MR) is 113 cm³/mol. The lowest BCUT2D eigenvalue weighted by molar-refractivity contribution is -0.384. The number of anilines is 1. The fourth-order valence-electron chi connectivity index (χ4n) is 3.12. The van der Waals surface area contributed by atoms with Crippen molar-refractivity contribution in [2.45, 2.75) is 0 Å². The third-order valence-electron chi connectivity index (χ3n) is 4.69. The molecule has 3 aromatic rings. The van der Waals surface area contributed by atoms with E-state index < -0.39 is 22.8 Å². The zero-order chi connectivity index (χ0) is 22.8. The van der Waals surface area contributed by atoms with Crippen molar-refractivity contribution in [3.05, 3.63) is 82.1 Å². The van der Waals surface area contributed by atoms with Gasteiger partial charge < -0.3 is 9.15 Å². The number of amides is 4. The Bertz CT molecular complexity index is 1270. The van der Waals surface area contributed by atoms with Crippen LogP contribution in [0.1, 0.15) is 5.76 Å². The Morgan fingerprint density at radius 1 is 1.06 bits per heavy atom. The number of carbonyl (C=O) groups excluding carboxylic acids is 3. The molecule has 0 unspecified atom stereocenters. The van der Waals surface area contributed by atoms with Gasteiger partial charge in [0.25, 0.3) is 17.5 Å². The van der Waals surface area contributed by atoms with Gasteiger partial charge in [0.1, 0.15) is 22.8 Å². The van der Waals surface area contributed by atoms with E-state index in [1.54, 1.807) is 24.3 Å². The van der Waals surface area contributed by atoms with E-state index >= 15 is 0 Å². The highest BCUT2D eigenvalue weighted by molar-refractivity contribution is 6.39. The van der Waals surface area contributed by atoms with E-state index in [1.807, 2.05) is 0 Å². The number of furan rings is 1. The summed E-state index contributed by atoms with van der Waals surface area (Å²) in [5.74, 6) is -0.675. The van der Waals surface area contributed by atoms with Crippen LogP contribution in [-0.2, 0) is 9.59 Å². The number of rotatable bonds is 5. The minimum atomic E-state index is -0.876. The number of urea groups is 1. The number of hydrogen-bond acceptors (Lipinski definition) is 7.